The fourth-order valence-electron chi connectivity index (χ4n) is 1.22. The third-order valence-corrected chi connectivity index (χ3v) is 1.85. The molecule has 1 aromatic carbocycles. The molecule has 0 aliphatic heterocycles. The Bertz CT molecular complexity index is 321. The maximum Gasteiger partial charge on any atom is 0.165 e. The summed E-state index contributed by atoms with van der Waals surface area (Å²) in [5.41, 5.74) is 1.01. The van der Waals surface area contributed by atoms with E-state index in [4.69, 9.17) is 5.11 Å². The molecule has 0 atom stereocenters. The first-order chi connectivity index (χ1) is 6.19. The lowest BCUT2D eigenvalue weighted by atomic mass is 10.0. The van der Waals surface area contributed by atoms with Gasteiger partial charge in [0.15, 0.2) is 11.6 Å². The Morgan fingerprint density at radius 3 is 2.77 bits per heavy atom. The van der Waals surface area contributed by atoms with Gasteiger partial charge in [0.1, 0.15) is 6.29 Å². The first-order valence-corrected chi connectivity index (χ1v) is 4.15. The van der Waals surface area contributed by atoms with Gasteiger partial charge >= 0.3 is 0 Å². The third kappa shape index (κ3) is 2.05. The summed E-state index contributed by atoms with van der Waals surface area (Å²) in [6.45, 7) is 1.95. The van der Waals surface area contributed by atoms with E-state index in [2.05, 4.69) is 0 Å². The number of hydrogen-bond donors (Lipinski definition) is 1. The zero-order valence-electron chi connectivity index (χ0n) is 7.38. The standard InChI is InChI=1S/C10H11FO2/c1-2-3-7-5-10(13)9(11)4-8(7)6-12/h4-6,13H,2-3H2,1H3. The summed E-state index contributed by atoms with van der Waals surface area (Å²) in [5, 5.41) is 9.06. The molecule has 0 heterocycles. The van der Waals surface area contributed by atoms with Crippen molar-refractivity contribution in [1.29, 1.82) is 0 Å². The predicted molar refractivity (Wildman–Crippen MR) is 47.4 cm³/mol. The molecular weight excluding hydrogens is 171 g/mol. The van der Waals surface area contributed by atoms with Gasteiger partial charge in [0.2, 0.25) is 0 Å². The lowest BCUT2D eigenvalue weighted by molar-refractivity contribution is 0.112. The van der Waals surface area contributed by atoms with E-state index < -0.39 is 11.6 Å². The van der Waals surface area contributed by atoms with Crippen LogP contribution in [0.2, 0.25) is 0 Å². The van der Waals surface area contributed by atoms with Crippen molar-refractivity contribution < 1.29 is 14.3 Å². The minimum Gasteiger partial charge on any atom is -0.505 e. The van der Waals surface area contributed by atoms with E-state index in [-0.39, 0.29) is 0 Å². The van der Waals surface area contributed by atoms with Crippen molar-refractivity contribution in [3.8, 4) is 5.75 Å². The maximum atomic E-state index is 12.8. The highest BCUT2D eigenvalue weighted by molar-refractivity contribution is 5.77. The first kappa shape index (κ1) is 9.71. The van der Waals surface area contributed by atoms with E-state index in [1.807, 2.05) is 6.92 Å². The van der Waals surface area contributed by atoms with Gasteiger partial charge in [0, 0.05) is 5.56 Å². The first-order valence-electron chi connectivity index (χ1n) is 4.15. The van der Waals surface area contributed by atoms with Crippen LogP contribution in [0.5, 0.6) is 5.75 Å². The Labute approximate surface area is 76.0 Å². The number of benzene rings is 1. The second-order valence-electron chi connectivity index (χ2n) is 2.87. The lowest BCUT2D eigenvalue weighted by Gasteiger charge is -2.04. The van der Waals surface area contributed by atoms with Crippen LogP contribution in [-0.4, -0.2) is 11.4 Å². The Morgan fingerprint density at radius 2 is 2.23 bits per heavy atom. The largest absolute Gasteiger partial charge is 0.505 e. The molecule has 0 amide bonds. The number of aryl methyl sites for hydroxylation is 1. The number of carbonyl (C=O) groups excluding carboxylic acids is 1. The predicted octanol–water partition coefficient (Wildman–Crippen LogP) is 2.30. The van der Waals surface area contributed by atoms with Crippen LogP contribution in [0.15, 0.2) is 12.1 Å². The van der Waals surface area contributed by atoms with Crippen LogP contribution in [0.1, 0.15) is 29.3 Å². The molecule has 1 rings (SSSR count). The Balaban J connectivity index is 3.16. The molecule has 1 aromatic rings. The highest BCUT2D eigenvalue weighted by Gasteiger charge is 2.07. The number of halogens is 1. The van der Waals surface area contributed by atoms with Crippen molar-refractivity contribution in [1.82, 2.24) is 0 Å². The van der Waals surface area contributed by atoms with E-state index in [1.165, 1.54) is 6.07 Å². The van der Waals surface area contributed by atoms with E-state index in [9.17, 15) is 9.18 Å². The highest BCUT2D eigenvalue weighted by Crippen LogP contribution is 2.21. The fourth-order valence-corrected chi connectivity index (χ4v) is 1.22. The zero-order valence-corrected chi connectivity index (χ0v) is 7.38. The topological polar surface area (TPSA) is 37.3 Å². The van der Waals surface area contributed by atoms with Crippen LogP contribution < -0.4 is 0 Å². The van der Waals surface area contributed by atoms with Gasteiger partial charge in [0.05, 0.1) is 0 Å². The molecule has 0 aromatic heterocycles. The minimum absolute atomic E-state index is 0.317. The molecule has 0 saturated carbocycles. The van der Waals surface area contributed by atoms with E-state index in [0.717, 1.165) is 12.5 Å². The van der Waals surface area contributed by atoms with Crippen LogP contribution in [0.25, 0.3) is 0 Å². The summed E-state index contributed by atoms with van der Waals surface area (Å²) in [7, 11) is 0. The van der Waals surface area contributed by atoms with E-state index in [1.54, 1.807) is 0 Å². The summed E-state index contributed by atoms with van der Waals surface area (Å²) >= 11 is 0. The smallest absolute Gasteiger partial charge is 0.165 e. The molecule has 0 fully saturated rings. The third-order valence-electron chi connectivity index (χ3n) is 1.85. The van der Waals surface area contributed by atoms with Crippen LogP contribution in [-0.2, 0) is 6.42 Å². The lowest BCUT2D eigenvalue weighted by Crippen LogP contribution is -1.94. The zero-order chi connectivity index (χ0) is 9.84. The summed E-state index contributed by atoms with van der Waals surface area (Å²) in [6.07, 6.45) is 2.13. The van der Waals surface area contributed by atoms with Crippen LogP contribution in [0.4, 0.5) is 4.39 Å². The molecular formula is C10H11FO2. The molecule has 0 bridgehead atoms. The van der Waals surface area contributed by atoms with Crippen molar-refractivity contribution in [2.24, 2.45) is 0 Å². The molecule has 0 aliphatic carbocycles. The molecule has 2 nitrogen and oxygen atoms in total. The molecule has 0 spiro atoms. The highest BCUT2D eigenvalue weighted by atomic mass is 19.1. The summed E-state index contributed by atoms with van der Waals surface area (Å²) in [5.74, 6) is -1.14. The molecule has 0 unspecified atom stereocenters. The Morgan fingerprint density at radius 1 is 1.54 bits per heavy atom. The summed E-state index contributed by atoms with van der Waals surface area (Å²) in [6, 6.07) is 2.37. The molecule has 70 valence electrons. The Hall–Kier alpha value is -1.38. The second kappa shape index (κ2) is 4.03. The number of carbonyl (C=O) groups is 1. The van der Waals surface area contributed by atoms with Crippen LogP contribution in [0.3, 0.4) is 0 Å². The van der Waals surface area contributed by atoms with Gasteiger partial charge in [-0.05, 0) is 24.1 Å². The molecule has 0 saturated heterocycles. The van der Waals surface area contributed by atoms with Gasteiger partial charge in [0.25, 0.3) is 0 Å². The molecule has 0 aliphatic rings. The van der Waals surface area contributed by atoms with E-state index in [0.29, 0.717) is 23.8 Å². The average Bonchev–Trinajstić information content (AvgIpc) is 2.11. The number of aromatic hydroxyl groups is 1. The fraction of sp³-hybridized carbons (Fsp3) is 0.300. The Kier molecular flexibility index (Phi) is 3.01. The monoisotopic (exact) mass is 182 g/mol. The SMILES string of the molecule is CCCc1cc(O)c(F)cc1C=O. The van der Waals surface area contributed by atoms with Crippen molar-refractivity contribution in [2.75, 3.05) is 0 Å². The normalized spacial score (nSPS) is 10.0. The van der Waals surface area contributed by atoms with Gasteiger partial charge in [-0.1, -0.05) is 13.3 Å². The quantitative estimate of drug-likeness (QED) is 0.728. The van der Waals surface area contributed by atoms with Gasteiger partial charge < -0.3 is 5.11 Å². The van der Waals surface area contributed by atoms with Crippen molar-refractivity contribution in [3.63, 3.8) is 0 Å². The van der Waals surface area contributed by atoms with Crippen molar-refractivity contribution in [2.45, 2.75) is 19.8 Å². The van der Waals surface area contributed by atoms with Crippen LogP contribution in [0, 0.1) is 5.82 Å². The van der Waals surface area contributed by atoms with E-state index >= 15 is 0 Å². The molecule has 3 heteroatoms. The van der Waals surface area contributed by atoms with Gasteiger partial charge in [-0.3, -0.25) is 4.79 Å². The summed E-state index contributed by atoms with van der Waals surface area (Å²) < 4.78 is 12.8. The number of phenols is 1. The molecule has 0 radical (unpaired) electrons. The minimum atomic E-state index is -0.748. The van der Waals surface area contributed by atoms with Gasteiger partial charge in [-0.25, -0.2) is 4.39 Å². The van der Waals surface area contributed by atoms with Gasteiger partial charge in [-0.2, -0.15) is 0 Å². The molecule has 13 heavy (non-hydrogen) atoms. The van der Waals surface area contributed by atoms with Crippen molar-refractivity contribution >= 4 is 6.29 Å². The second-order valence-corrected chi connectivity index (χ2v) is 2.87. The summed E-state index contributed by atoms with van der Waals surface area (Å²) in [4.78, 5) is 10.5. The maximum absolute atomic E-state index is 12.8. The van der Waals surface area contributed by atoms with Gasteiger partial charge in [-0.15, -0.1) is 0 Å². The number of phenolic OH excluding ortho intramolecular Hbond substituents is 1. The average molecular weight is 182 g/mol. The number of rotatable bonds is 3. The van der Waals surface area contributed by atoms with Crippen LogP contribution >= 0.6 is 0 Å². The van der Waals surface area contributed by atoms with Crippen molar-refractivity contribution in [3.05, 3.63) is 29.1 Å². The molecule has 1 N–H and O–H groups in total. The number of aldehydes is 1. The number of hydrogen-bond acceptors (Lipinski definition) is 2.